The monoisotopic (exact) mass is 370 g/mol. The van der Waals surface area contributed by atoms with Crippen molar-refractivity contribution in [3.63, 3.8) is 0 Å². The molecule has 1 aromatic heterocycles. The molecule has 0 aliphatic rings. The predicted octanol–water partition coefficient (Wildman–Crippen LogP) is 2.97. The zero-order valence-corrected chi connectivity index (χ0v) is 15.9. The fourth-order valence-electron chi connectivity index (χ4n) is 3.16. The van der Waals surface area contributed by atoms with Gasteiger partial charge in [-0.25, -0.2) is 13.1 Å². The summed E-state index contributed by atoms with van der Waals surface area (Å²) in [5.41, 5.74) is 4.04. The lowest BCUT2D eigenvalue weighted by Crippen LogP contribution is -2.28. The SMILES string of the molecule is Cc1cc(C)c2cc(CCNS(=O)(=O)c3ccccc3C)c(=O)[nH]c2c1. The Morgan fingerprint density at radius 1 is 1.00 bits per heavy atom. The first-order chi connectivity index (χ1) is 12.3. The minimum atomic E-state index is -3.59. The molecule has 0 spiro atoms. The van der Waals surface area contributed by atoms with Crippen molar-refractivity contribution >= 4 is 20.9 Å². The molecule has 3 aromatic rings. The molecule has 136 valence electrons. The zero-order valence-electron chi connectivity index (χ0n) is 15.1. The second-order valence-electron chi connectivity index (χ2n) is 6.58. The van der Waals surface area contributed by atoms with Crippen LogP contribution in [0.15, 0.2) is 52.2 Å². The van der Waals surface area contributed by atoms with Crippen molar-refractivity contribution in [2.75, 3.05) is 6.54 Å². The summed E-state index contributed by atoms with van der Waals surface area (Å²) in [7, 11) is -3.59. The zero-order chi connectivity index (χ0) is 18.9. The molecule has 5 nitrogen and oxygen atoms in total. The third kappa shape index (κ3) is 3.71. The molecule has 0 amide bonds. The van der Waals surface area contributed by atoms with Crippen LogP contribution in [0, 0.1) is 20.8 Å². The maximum atomic E-state index is 12.4. The van der Waals surface area contributed by atoms with Gasteiger partial charge in [0.05, 0.1) is 4.90 Å². The van der Waals surface area contributed by atoms with Crippen LogP contribution in [-0.4, -0.2) is 19.9 Å². The maximum Gasteiger partial charge on any atom is 0.251 e. The van der Waals surface area contributed by atoms with E-state index in [1.54, 1.807) is 31.2 Å². The van der Waals surface area contributed by atoms with Crippen LogP contribution in [0.5, 0.6) is 0 Å². The molecule has 26 heavy (non-hydrogen) atoms. The van der Waals surface area contributed by atoms with E-state index >= 15 is 0 Å². The number of nitrogens with one attached hydrogen (secondary N) is 2. The second kappa shape index (κ2) is 7.05. The van der Waals surface area contributed by atoms with Crippen LogP contribution in [0.4, 0.5) is 0 Å². The summed E-state index contributed by atoms with van der Waals surface area (Å²) in [6.07, 6.45) is 0.323. The molecule has 0 aliphatic heterocycles. The summed E-state index contributed by atoms with van der Waals surface area (Å²) in [6.45, 7) is 5.90. The Balaban J connectivity index is 1.81. The molecule has 0 saturated heterocycles. The molecule has 1 heterocycles. The lowest BCUT2D eigenvalue weighted by Gasteiger charge is -2.10. The molecule has 0 aliphatic carbocycles. The average molecular weight is 370 g/mol. The van der Waals surface area contributed by atoms with Gasteiger partial charge in [-0.1, -0.05) is 24.3 Å². The van der Waals surface area contributed by atoms with Gasteiger partial charge in [-0.05, 0) is 62.1 Å². The van der Waals surface area contributed by atoms with Gasteiger partial charge in [-0.3, -0.25) is 4.79 Å². The number of hydrogen-bond donors (Lipinski definition) is 2. The predicted molar refractivity (Wildman–Crippen MR) is 104 cm³/mol. The van der Waals surface area contributed by atoms with Gasteiger partial charge in [-0.15, -0.1) is 0 Å². The Morgan fingerprint density at radius 3 is 2.46 bits per heavy atom. The number of aromatic amines is 1. The van der Waals surface area contributed by atoms with Gasteiger partial charge >= 0.3 is 0 Å². The Hall–Kier alpha value is -2.44. The summed E-state index contributed by atoms with van der Waals surface area (Å²) >= 11 is 0. The number of rotatable bonds is 5. The molecular formula is C20H22N2O3S. The molecule has 2 aromatic carbocycles. The van der Waals surface area contributed by atoms with Crippen LogP contribution >= 0.6 is 0 Å². The number of H-pyrrole nitrogens is 1. The quantitative estimate of drug-likeness (QED) is 0.725. The Kier molecular flexibility index (Phi) is 4.98. The largest absolute Gasteiger partial charge is 0.322 e. The van der Waals surface area contributed by atoms with E-state index in [4.69, 9.17) is 0 Å². The first kappa shape index (κ1) is 18.4. The highest BCUT2D eigenvalue weighted by atomic mass is 32.2. The third-order valence-electron chi connectivity index (χ3n) is 4.46. The van der Waals surface area contributed by atoms with Gasteiger partial charge in [0.15, 0.2) is 0 Å². The van der Waals surface area contributed by atoms with E-state index in [1.807, 2.05) is 26.0 Å². The highest BCUT2D eigenvalue weighted by Gasteiger charge is 2.16. The molecule has 0 saturated carbocycles. The van der Waals surface area contributed by atoms with Crippen molar-refractivity contribution in [1.82, 2.24) is 9.71 Å². The minimum absolute atomic E-state index is 0.163. The first-order valence-electron chi connectivity index (χ1n) is 8.46. The molecule has 0 bridgehead atoms. The highest BCUT2D eigenvalue weighted by molar-refractivity contribution is 7.89. The molecule has 2 N–H and O–H groups in total. The Morgan fingerprint density at radius 2 is 1.73 bits per heavy atom. The summed E-state index contributed by atoms with van der Waals surface area (Å²) < 4.78 is 27.5. The molecular weight excluding hydrogens is 348 g/mol. The molecule has 0 unspecified atom stereocenters. The van der Waals surface area contributed by atoms with Crippen LogP contribution in [0.25, 0.3) is 10.9 Å². The smallest absolute Gasteiger partial charge is 0.251 e. The molecule has 0 fully saturated rings. The van der Waals surface area contributed by atoms with Crippen molar-refractivity contribution in [2.45, 2.75) is 32.1 Å². The summed E-state index contributed by atoms with van der Waals surface area (Å²) in [5.74, 6) is 0. The van der Waals surface area contributed by atoms with E-state index in [9.17, 15) is 13.2 Å². The fraction of sp³-hybridized carbons (Fsp3) is 0.250. The van der Waals surface area contributed by atoms with Crippen molar-refractivity contribution < 1.29 is 8.42 Å². The van der Waals surface area contributed by atoms with E-state index in [2.05, 4.69) is 15.8 Å². The van der Waals surface area contributed by atoms with Gasteiger partial charge in [0, 0.05) is 23.0 Å². The standard InChI is InChI=1S/C20H22N2O3S/c1-13-10-15(3)17-12-16(20(23)22-18(17)11-13)8-9-21-26(24,25)19-7-5-4-6-14(19)2/h4-7,10-12,21H,8-9H2,1-3H3,(H,22,23). The van der Waals surface area contributed by atoms with E-state index < -0.39 is 10.0 Å². The summed E-state index contributed by atoms with van der Waals surface area (Å²) in [5, 5.41) is 0.979. The van der Waals surface area contributed by atoms with Gasteiger partial charge in [0.1, 0.15) is 0 Å². The minimum Gasteiger partial charge on any atom is -0.322 e. The van der Waals surface area contributed by atoms with Gasteiger partial charge in [0.25, 0.3) is 5.56 Å². The van der Waals surface area contributed by atoms with Gasteiger partial charge in [0.2, 0.25) is 10.0 Å². The number of aryl methyl sites for hydroxylation is 3. The van der Waals surface area contributed by atoms with Crippen LogP contribution in [0.1, 0.15) is 22.3 Å². The van der Waals surface area contributed by atoms with Crippen molar-refractivity contribution in [1.29, 1.82) is 0 Å². The number of pyridine rings is 1. The van der Waals surface area contributed by atoms with Crippen molar-refractivity contribution in [2.24, 2.45) is 0 Å². The Labute approximate surface area is 153 Å². The Bertz CT molecular complexity index is 1130. The molecule has 0 radical (unpaired) electrons. The number of hydrogen-bond acceptors (Lipinski definition) is 3. The molecule has 0 atom stereocenters. The van der Waals surface area contributed by atoms with Gasteiger partial charge in [-0.2, -0.15) is 0 Å². The van der Waals surface area contributed by atoms with Gasteiger partial charge < -0.3 is 4.98 Å². The summed E-state index contributed by atoms with van der Waals surface area (Å²) in [4.78, 5) is 15.5. The van der Waals surface area contributed by atoms with Crippen LogP contribution in [0.2, 0.25) is 0 Å². The van der Waals surface area contributed by atoms with E-state index in [1.165, 1.54) is 0 Å². The lowest BCUT2D eigenvalue weighted by atomic mass is 10.0. The summed E-state index contributed by atoms with van der Waals surface area (Å²) in [6, 6.07) is 12.7. The normalized spacial score (nSPS) is 11.8. The second-order valence-corrected chi connectivity index (χ2v) is 8.32. The number of sulfonamides is 1. The number of benzene rings is 2. The lowest BCUT2D eigenvalue weighted by molar-refractivity contribution is 0.581. The van der Waals surface area contributed by atoms with E-state index in [0.29, 0.717) is 17.5 Å². The van der Waals surface area contributed by atoms with Crippen molar-refractivity contribution in [3.8, 4) is 0 Å². The van der Waals surface area contributed by atoms with Crippen LogP contribution < -0.4 is 10.3 Å². The molecule has 6 heteroatoms. The van der Waals surface area contributed by atoms with Crippen LogP contribution in [0.3, 0.4) is 0 Å². The third-order valence-corrected chi connectivity index (χ3v) is 6.08. The van der Waals surface area contributed by atoms with Crippen molar-refractivity contribution in [3.05, 3.63) is 75.1 Å². The van der Waals surface area contributed by atoms with E-state index in [-0.39, 0.29) is 17.0 Å². The van der Waals surface area contributed by atoms with Crippen LogP contribution in [-0.2, 0) is 16.4 Å². The first-order valence-corrected chi connectivity index (χ1v) is 9.95. The number of aromatic nitrogens is 1. The average Bonchev–Trinajstić information content (AvgIpc) is 2.55. The topological polar surface area (TPSA) is 79.0 Å². The number of fused-ring (bicyclic) bond motifs is 1. The fourth-order valence-corrected chi connectivity index (χ4v) is 4.43. The van der Waals surface area contributed by atoms with E-state index in [0.717, 1.165) is 22.0 Å². The highest BCUT2D eigenvalue weighted by Crippen LogP contribution is 2.19. The molecule has 3 rings (SSSR count). The maximum absolute atomic E-state index is 12.4.